The molecule has 3 aromatic carbocycles. The lowest BCUT2D eigenvalue weighted by atomic mass is 9.70. The molecule has 2 nitrogen and oxygen atoms in total. The molecule has 0 saturated carbocycles. The fraction of sp³-hybridized carbons (Fsp3) is 0.130. The van der Waals surface area contributed by atoms with Crippen LogP contribution in [-0.2, 0) is 11.8 Å². The number of fused-ring (bicyclic) bond motifs is 5. The van der Waals surface area contributed by atoms with E-state index in [4.69, 9.17) is 0 Å². The standard InChI is InChI=1S/C23H16O2/c24-21-18-12-6-7-13-19(18)23(14-15-8-2-1-3-9-15)20(21)16-10-4-5-11-17(16)22(23)25/h1-13,20H,14H2/t20-,23+/m0/s1. The number of Topliss-reactive ketones (excluding diaryl/α,β-unsaturated/α-hetero) is 2. The van der Waals surface area contributed by atoms with E-state index in [0.29, 0.717) is 17.5 Å². The van der Waals surface area contributed by atoms with Crippen LogP contribution in [0.25, 0.3) is 0 Å². The molecular formula is C23H16O2. The third-order valence-electron chi connectivity index (χ3n) is 5.68. The van der Waals surface area contributed by atoms with Crippen LogP contribution in [0.1, 0.15) is 43.3 Å². The van der Waals surface area contributed by atoms with Gasteiger partial charge in [0.25, 0.3) is 0 Å². The van der Waals surface area contributed by atoms with Crippen LogP contribution in [0.3, 0.4) is 0 Å². The van der Waals surface area contributed by atoms with E-state index in [1.54, 1.807) is 0 Å². The Balaban J connectivity index is 1.80. The van der Waals surface area contributed by atoms with Crippen molar-refractivity contribution in [3.8, 4) is 0 Å². The number of carbonyl (C=O) groups is 2. The molecule has 120 valence electrons. The molecule has 0 amide bonds. The summed E-state index contributed by atoms with van der Waals surface area (Å²) >= 11 is 0. The summed E-state index contributed by atoms with van der Waals surface area (Å²) in [4.78, 5) is 26.8. The van der Waals surface area contributed by atoms with Crippen LogP contribution in [0, 0.1) is 0 Å². The van der Waals surface area contributed by atoms with E-state index in [1.165, 1.54) is 0 Å². The summed E-state index contributed by atoms with van der Waals surface area (Å²) in [5.41, 5.74) is 3.44. The first-order valence-electron chi connectivity index (χ1n) is 8.55. The van der Waals surface area contributed by atoms with Crippen molar-refractivity contribution in [3.05, 3.63) is 107 Å². The van der Waals surface area contributed by atoms with Gasteiger partial charge in [0.2, 0.25) is 0 Å². The van der Waals surface area contributed by atoms with Crippen molar-refractivity contribution < 1.29 is 9.59 Å². The lowest BCUT2D eigenvalue weighted by Gasteiger charge is -2.28. The van der Waals surface area contributed by atoms with Crippen molar-refractivity contribution in [1.29, 1.82) is 0 Å². The van der Waals surface area contributed by atoms with Crippen LogP contribution in [0.15, 0.2) is 78.9 Å². The van der Waals surface area contributed by atoms with Gasteiger partial charge in [-0.05, 0) is 23.1 Å². The molecule has 0 aliphatic heterocycles. The normalized spacial score (nSPS) is 23.3. The lowest BCUT2D eigenvalue weighted by molar-refractivity contribution is 0.0838. The van der Waals surface area contributed by atoms with Gasteiger partial charge in [0, 0.05) is 11.1 Å². The monoisotopic (exact) mass is 324 g/mol. The minimum Gasteiger partial charge on any atom is -0.293 e. The zero-order valence-corrected chi connectivity index (χ0v) is 13.6. The van der Waals surface area contributed by atoms with E-state index in [-0.39, 0.29) is 11.6 Å². The fourth-order valence-corrected chi connectivity index (χ4v) is 4.67. The van der Waals surface area contributed by atoms with Crippen LogP contribution in [-0.4, -0.2) is 11.6 Å². The Bertz CT molecular complexity index is 1020. The summed E-state index contributed by atoms with van der Waals surface area (Å²) in [6, 6.07) is 25.2. The van der Waals surface area contributed by atoms with Crippen molar-refractivity contribution in [2.75, 3.05) is 0 Å². The van der Waals surface area contributed by atoms with Gasteiger partial charge in [-0.25, -0.2) is 0 Å². The maximum absolute atomic E-state index is 13.6. The molecule has 2 atom stereocenters. The Hall–Kier alpha value is -3.00. The van der Waals surface area contributed by atoms with Gasteiger partial charge in [-0.3, -0.25) is 9.59 Å². The molecule has 0 N–H and O–H groups in total. The van der Waals surface area contributed by atoms with Gasteiger partial charge in [-0.1, -0.05) is 78.9 Å². The Kier molecular flexibility index (Phi) is 2.87. The predicted octanol–water partition coefficient (Wildman–Crippen LogP) is 4.34. The smallest absolute Gasteiger partial charge is 0.175 e. The summed E-state index contributed by atoms with van der Waals surface area (Å²) in [5.74, 6) is -0.256. The average Bonchev–Trinajstić information content (AvgIpc) is 3.06. The second kappa shape index (κ2) is 5.00. The van der Waals surface area contributed by atoms with E-state index >= 15 is 0 Å². The minimum absolute atomic E-state index is 0.0739. The molecule has 2 aliphatic carbocycles. The number of benzene rings is 3. The van der Waals surface area contributed by atoms with Crippen molar-refractivity contribution in [3.63, 3.8) is 0 Å². The summed E-state index contributed by atoms with van der Waals surface area (Å²) in [7, 11) is 0. The quantitative estimate of drug-likeness (QED) is 0.702. The lowest BCUT2D eigenvalue weighted by Crippen LogP contribution is -2.37. The molecule has 0 unspecified atom stereocenters. The number of rotatable bonds is 2. The van der Waals surface area contributed by atoms with E-state index in [9.17, 15) is 9.59 Å². The van der Waals surface area contributed by atoms with E-state index < -0.39 is 11.3 Å². The molecule has 0 heterocycles. The Labute approximate surface area is 146 Å². The molecule has 5 rings (SSSR count). The fourth-order valence-electron chi connectivity index (χ4n) is 4.67. The van der Waals surface area contributed by atoms with Gasteiger partial charge >= 0.3 is 0 Å². The van der Waals surface area contributed by atoms with Crippen LogP contribution in [0.2, 0.25) is 0 Å². The second-order valence-corrected chi connectivity index (χ2v) is 6.89. The second-order valence-electron chi connectivity index (χ2n) is 6.89. The first-order valence-corrected chi connectivity index (χ1v) is 8.55. The Morgan fingerprint density at radius 2 is 1.36 bits per heavy atom. The number of hydrogen-bond donors (Lipinski definition) is 0. The van der Waals surface area contributed by atoms with Gasteiger partial charge in [0.15, 0.2) is 11.6 Å². The average molecular weight is 324 g/mol. The van der Waals surface area contributed by atoms with E-state index in [0.717, 1.165) is 16.7 Å². The summed E-state index contributed by atoms with van der Waals surface area (Å²) in [5, 5.41) is 0. The number of ketones is 2. The van der Waals surface area contributed by atoms with Crippen LogP contribution in [0.4, 0.5) is 0 Å². The zero-order valence-electron chi connectivity index (χ0n) is 13.6. The van der Waals surface area contributed by atoms with Gasteiger partial charge in [-0.15, -0.1) is 0 Å². The van der Waals surface area contributed by atoms with Gasteiger partial charge < -0.3 is 0 Å². The van der Waals surface area contributed by atoms with Gasteiger partial charge in [0.1, 0.15) is 0 Å². The maximum Gasteiger partial charge on any atom is 0.175 e. The summed E-state index contributed by atoms with van der Waals surface area (Å²) in [6.07, 6.45) is 0.550. The SMILES string of the molecule is O=C1c2ccccc2[C@@]2(Cc3ccccc3)C(=O)c3ccccc3[C@@H]12. The summed E-state index contributed by atoms with van der Waals surface area (Å²) in [6.45, 7) is 0. The van der Waals surface area contributed by atoms with E-state index in [2.05, 4.69) is 0 Å². The maximum atomic E-state index is 13.6. The third kappa shape index (κ3) is 1.74. The van der Waals surface area contributed by atoms with Crippen molar-refractivity contribution in [2.24, 2.45) is 0 Å². The molecule has 25 heavy (non-hydrogen) atoms. The van der Waals surface area contributed by atoms with Crippen LogP contribution in [0.5, 0.6) is 0 Å². The van der Waals surface area contributed by atoms with Crippen LogP contribution >= 0.6 is 0 Å². The molecule has 0 spiro atoms. The molecule has 2 aliphatic rings. The summed E-state index contributed by atoms with van der Waals surface area (Å²) < 4.78 is 0. The largest absolute Gasteiger partial charge is 0.293 e. The highest BCUT2D eigenvalue weighted by Gasteiger charge is 2.61. The molecule has 0 fully saturated rings. The van der Waals surface area contributed by atoms with Gasteiger partial charge in [0.05, 0.1) is 11.3 Å². The Morgan fingerprint density at radius 3 is 2.16 bits per heavy atom. The number of hydrogen-bond acceptors (Lipinski definition) is 2. The van der Waals surface area contributed by atoms with Gasteiger partial charge in [-0.2, -0.15) is 0 Å². The molecule has 2 heteroatoms. The third-order valence-corrected chi connectivity index (χ3v) is 5.68. The molecule has 0 saturated heterocycles. The highest BCUT2D eigenvalue weighted by atomic mass is 16.1. The molecule has 3 aromatic rings. The Morgan fingerprint density at radius 1 is 0.720 bits per heavy atom. The zero-order chi connectivity index (χ0) is 17.0. The first-order chi connectivity index (χ1) is 12.2. The predicted molar refractivity (Wildman–Crippen MR) is 96.1 cm³/mol. The highest BCUT2D eigenvalue weighted by Crippen LogP contribution is 2.57. The van der Waals surface area contributed by atoms with Crippen molar-refractivity contribution in [2.45, 2.75) is 17.8 Å². The van der Waals surface area contributed by atoms with Crippen molar-refractivity contribution in [1.82, 2.24) is 0 Å². The molecule has 0 aromatic heterocycles. The van der Waals surface area contributed by atoms with Crippen LogP contribution < -0.4 is 0 Å². The topological polar surface area (TPSA) is 34.1 Å². The minimum atomic E-state index is -0.807. The number of carbonyl (C=O) groups excluding carboxylic acids is 2. The first kappa shape index (κ1) is 14.4. The van der Waals surface area contributed by atoms with Crippen molar-refractivity contribution >= 4 is 11.6 Å². The molecule has 0 radical (unpaired) electrons. The molecular weight excluding hydrogens is 308 g/mol. The van der Waals surface area contributed by atoms with E-state index in [1.807, 2.05) is 78.9 Å². The highest BCUT2D eigenvalue weighted by molar-refractivity contribution is 6.22. The molecule has 0 bridgehead atoms.